The second-order valence-corrected chi connectivity index (χ2v) is 5.17. The van der Waals surface area contributed by atoms with E-state index in [-0.39, 0.29) is 5.91 Å². The number of benzene rings is 1. The van der Waals surface area contributed by atoms with E-state index in [0.29, 0.717) is 23.6 Å². The highest BCUT2D eigenvalue weighted by atomic mass is 35.5. The molecule has 0 aromatic heterocycles. The molecule has 1 aliphatic carbocycles. The van der Waals surface area contributed by atoms with Crippen molar-refractivity contribution in [2.75, 3.05) is 17.7 Å². The summed E-state index contributed by atoms with van der Waals surface area (Å²) in [6, 6.07) is 5.86. The fourth-order valence-corrected chi connectivity index (χ4v) is 2.23. The molecule has 2 N–H and O–H groups in total. The highest BCUT2D eigenvalue weighted by molar-refractivity contribution is 6.33. The van der Waals surface area contributed by atoms with Gasteiger partial charge in [0.25, 0.3) is 0 Å². The number of carbonyl (C=O) groups excluding carboxylic acids is 1. The van der Waals surface area contributed by atoms with Crippen LogP contribution in [0.15, 0.2) is 18.2 Å². The molecule has 1 aromatic carbocycles. The number of amides is 1. The summed E-state index contributed by atoms with van der Waals surface area (Å²) in [6.45, 7) is 1.82. The van der Waals surface area contributed by atoms with Crippen LogP contribution in [-0.2, 0) is 9.53 Å². The quantitative estimate of drug-likeness (QED) is 0.871. The predicted molar refractivity (Wildman–Crippen MR) is 77.8 cm³/mol. The molecule has 19 heavy (non-hydrogen) atoms. The zero-order chi connectivity index (χ0) is 13.8. The molecule has 0 atom stereocenters. The lowest BCUT2D eigenvalue weighted by atomic mass is 9.89. The van der Waals surface area contributed by atoms with Crippen LogP contribution in [0.3, 0.4) is 0 Å². The van der Waals surface area contributed by atoms with Crippen molar-refractivity contribution in [2.45, 2.75) is 38.3 Å². The second kappa shape index (κ2) is 6.26. The van der Waals surface area contributed by atoms with Gasteiger partial charge in [-0.3, -0.25) is 4.79 Å². The minimum Gasteiger partial charge on any atom is -0.381 e. The van der Waals surface area contributed by atoms with Crippen LogP contribution >= 0.6 is 11.6 Å². The molecule has 0 heterocycles. The predicted octanol–water partition coefficient (Wildman–Crippen LogP) is 3.28. The number of methoxy groups -OCH3 is 1. The Morgan fingerprint density at radius 3 is 2.84 bits per heavy atom. The van der Waals surface area contributed by atoms with Crippen LogP contribution in [0, 0.1) is 0 Å². The van der Waals surface area contributed by atoms with Gasteiger partial charge in [0.2, 0.25) is 5.91 Å². The summed E-state index contributed by atoms with van der Waals surface area (Å²) < 4.78 is 5.25. The number of anilines is 2. The summed E-state index contributed by atoms with van der Waals surface area (Å²) in [5.74, 6) is -0.00337. The van der Waals surface area contributed by atoms with Crippen LogP contribution in [-0.4, -0.2) is 25.2 Å². The Kier molecular flexibility index (Phi) is 4.66. The smallest absolute Gasteiger partial charge is 0.224 e. The molecule has 0 unspecified atom stereocenters. The number of hydrogen-bond donors (Lipinski definition) is 2. The minimum atomic E-state index is -0.00337. The summed E-state index contributed by atoms with van der Waals surface area (Å²) >= 11 is 6.16. The number of nitrogens with one attached hydrogen (secondary N) is 2. The molecule has 5 heteroatoms. The van der Waals surface area contributed by atoms with Crippen LogP contribution in [0.4, 0.5) is 11.4 Å². The minimum absolute atomic E-state index is 0.00337. The Balaban J connectivity index is 1.99. The second-order valence-electron chi connectivity index (χ2n) is 4.77. The van der Waals surface area contributed by atoms with Gasteiger partial charge in [-0.2, -0.15) is 0 Å². The van der Waals surface area contributed by atoms with E-state index in [1.807, 2.05) is 13.0 Å². The van der Waals surface area contributed by atoms with E-state index >= 15 is 0 Å². The van der Waals surface area contributed by atoms with E-state index < -0.39 is 0 Å². The third kappa shape index (κ3) is 3.61. The Labute approximate surface area is 118 Å². The lowest BCUT2D eigenvalue weighted by Crippen LogP contribution is -2.40. The molecule has 2 rings (SSSR count). The van der Waals surface area contributed by atoms with E-state index in [1.165, 1.54) is 0 Å². The van der Waals surface area contributed by atoms with E-state index in [0.717, 1.165) is 24.2 Å². The van der Waals surface area contributed by atoms with Gasteiger partial charge in [0.05, 0.1) is 16.8 Å². The first-order valence-electron chi connectivity index (χ1n) is 6.51. The molecule has 1 aromatic rings. The standard InChI is InChI=1S/C14H19ClN2O2/c1-3-14(18)17-9-4-5-12(15)13(8-9)16-10-6-11(7-10)19-2/h4-5,8,10-11,16H,3,6-7H2,1-2H3,(H,17,18). The van der Waals surface area contributed by atoms with Crippen LogP contribution in [0.25, 0.3) is 0 Å². The molecule has 1 aliphatic rings. The lowest BCUT2D eigenvalue weighted by Gasteiger charge is -2.35. The van der Waals surface area contributed by atoms with Crippen molar-refractivity contribution < 1.29 is 9.53 Å². The maximum Gasteiger partial charge on any atom is 0.224 e. The molecule has 4 nitrogen and oxygen atoms in total. The van der Waals surface area contributed by atoms with Gasteiger partial charge in [-0.05, 0) is 31.0 Å². The zero-order valence-electron chi connectivity index (χ0n) is 11.2. The van der Waals surface area contributed by atoms with E-state index in [9.17, 15) is 4.79 Å². The Morgan fingerprint density at radius 2 is 2.21 bits per heavy atom. The Hall–Kier alpha value is -1.26. The zero-order valence-corrected chi connectivity index (χ0v) is 12.0. The van der Waals surface area contributed by atoms with E-state index in [4.69, 9.17) is 16.3 Å². The number of rotatable bonds is 5. The fourth-order valence-electron chi connectivity index (χ4n) is 2.06. The average molecular weight is 283 g/mol. The lowest BCUT2D eigenvalue weighted by molar-refractivity contribution is -0.115. The maximum atomic E-state index is 11.4. The Bertz CT molecular complexity index is 459. The molecular formula is C14H19ClN2O2. The van der Waals surface area contributed by atoms with Crippen molar-refractivity contribution in [1.82, 2.24) is 0 Å². The van der Waals surface area contributed by atoms with Crippen molar-refractivity contribution >= 4 is 28.9 Å². The molecule has 104 valence electrons. The number of halogens is 1. The number of carbonyl (C=O) groups is 1. The average Bonchev–Trinajstić information content (AvgIpc) is 2.36. The molecule has 0 aliphatic heterocycles. The van der Waals surface area contributed by atoms with Gasteiger partial charge in [0.1, 0.15) is 0 Å². The first-order chi connectivity index (χ1) is 9.12. The molecule has 1 amide bonds. The van der Waals surface area contributed by atoms with Gasteiger partial charge in [0, 0.05) is 25.3 Å². The van der Waals surface area contributed by atoms with E-state index in [2.05, 4.69) is 10.6 Å². The molecule has 1 fully saturated rings. The molecule has 0 bridgehead atoms. The third-order valence-corrected chi connectivity index (χ3v) is 3.69. The van der Waals surface area contributed by atoms with Crippen LogP contribution in [0.1, 0.15) is 26.2 Å². The molecule has 1 saturated carbocycles. The van der Waals surface area contributed by atoms with Crippen LogP contribution < -0.4 is 10.6 Å². The van der Waals surface area contributed by atoms with Gasteiger partial charge in [-0.25, -0.2) is 0 Å². The van der Waals surface area contributed by atoms with Gasteiger partial charge in [-0.15, -0.1) is 0 Å². The topological polar surface area (TPSA) is 50.4 Å². The Morgan fingerprint density at radius 1 is 1.47 bits per heavy atom. The fraction of sp³-hybridized carbons (Fsp3) is 0.500. The van der Waals surface area contributed by atoms with E-state index in [1.54, 1.807) is 19.2 Å². The molecular weight excluding hydrogens is 264 g/mol. The molecule has 0 spiro atoms. The highest BCUT2D eigenvalue weighted by Gasteiger charge is 2.29. The summed E-state index contributed by atoms with van der Waals surface area (Å²) in [5.41, 5.74) is 1.62. The van der Waals surface area contributed by atoms with Crippen molar-refractivity contribution in [3.63, 3.8) is 0 Å². The maximum absolute atomic E-state index is 11.4. The van der Waals surface area contributed by atoms with Crippen LogP contribution in [0.5, 0.6) is 0 Å². The van der Waals surface area contributed by atoms with Crippen molar-refractivity contribution in [3.05, 3.63) is 23.2 Å². The third-order valence-electron chi connectivity index (χ3n) is 3.36. The number of hydrogen-bond acceptors (Lipinski definition) is 3. The molecule has 0 radical (unpaired) electrons. The van der Waals surface area contributed by atoms with Crippen molar-refractivity contribution in [3.8, 4) is 0 Å². The van der Waals surface area contributed by atoms with Gasteiger partial charge in [-0.1, -0.05) is 18.5 Å². The van der Waals surface area contributed by atoms with Gasteiger partial charge >= 0.3 is 0 Å². The van der Waals surface area contributed by atoms with Gasteiger partial charge < -0.3 is 15.4 Å². The van der Waals surface area contributed by atoms with Crippen molar-refractivity contribution in [1.29, 1.82) is 0 Å². The monoisotopic (exact) mass is 282 g/mol. The number of ether oxygens (including phenoxy) is 1. The highest BCUT2D eigenvalue weighted by Crippen LogP contribution is 2.31. The molecule has 0 saturated heterocycles. The van der Waals surface area contributed by atoms with Crippen molar-refractivity contribution in [2.24, 2.45) is 0 Å². The summed E-state index contributed by atoms with van der Waals surface area (Å²) in [7, 11) is 1.73. The summed E-state index contributed by atoms with van der Waals surface area (Å²) in [6.07, 6.45) is 2.78. The first kappa shape index (κ1) is 14.2. The van der Waals surface area contributed by atoms with Gasteiger partial charge in [0.15, 0.2) is 0 Å². The SMILES string of the molecule is CCC(=O)Nc1ccc(Cl)c(NC2CC(OC)C2)c1. The normalized spacial score (nSPS) is 21.6. The largest absolute Gasteiger partial charge is 0.381 e. The summed E-state index contributed by atoms with van der Waals surface area (Å²) in [4.78, 5) is 11.4. The summed E-state index contributed by atoms with van der Waals surface area (Å²) in [5, 5.41) is 6.87. The van der Waals surface area contributed by atoms with Crippen LogP contribution in [0.2, 0.25) is 5.02 Å². The first-order valence-corrected chi connectivity index (χ1v) is 6.89.